The second-order valence-electron chi connectivity index (χ2n) is 6.82. The van der Waals surface area contributed by atoms with Gasteiger partial charge in [-0.1, -0.05) is 35.3 Å². The number of benzene rings is 2. The number of hydrogen-bond acceptors (Lipinski definition) is 4. The van der Waals surface area contributed by atoms with E-state index in [-0.39, 0.29) is 17.7 Å². The zero-order chi connectivity index (χ0) is 20.5. The summed E-state index contributed by atoms with van der Waals surface area (Å²) in [6.45, 7) is 1.05. The Labute approximate surface area is 178 Å². The first-order valence-electron chi connectivity index (χ1n) is 9.13. The number of aromatic nitrogens is 2. The first-order valence-corrected chi connectivity index (χ1v) is 9.89. The third-order valence-corrected chi connectivity index (χ3v) is 5.46. The lowest BCUT2D eigenvalue weighted by atomic mass is 9.95. The molecule has 1 amide bonds. The van der Waals surface area contributed by atoms with Gasteiger partial charge in [0.15, 0.2) is 0 Å². The number of carbonyl (C=O) groups excluding carboxylic acids is 1. The van der Waals surface area contributed by atoms with Gasteiger partial charge in [0.1, 0.15) is 17.1 Å². The highest BCUT2D eigenvalue weighted by Gasteiger charge is 2.42. The van der Waals surface area contributed by atoms with Gasteiger partial charge in [0.2, 0.25) is 0 Å². The summed E-state index contributed by atoms with van der Waals surface area (Å²) in [6, 6.07) is 11.8. The number of aromatic hydroxyl groups is 1. The Kier molecular flexibility index (Phi) is 5.50. The average molecular weight is 432 g/mol. The van der Waals surface area contributed by atoms with Crippen LogP contribution in [0.25, 0.3) is 11.3 Å². The third-order valence-electron chi connectivity index (χ3n) is 4.99. The molecule has 1 unspecified atom stereocenters. The number of nitrogens with one attached hydrogen (secondary N) is 1. The summed E-state index contributed by atoms with van der Waals surface area (Å²) in [7, 11) is 1.63. The Hall–Kier alpha value is -2.54. The zero-order valence-corrected chi connectivity index (χ0v) is 17.2. The lowest BCUT2D eigenvalue weighted by Crippen LogP contribution is -2.31. The number of rotatable bonds is 6. The minimum atomic E-state index is -0.389. The standard InChI is InChI=1S/C21H19Cl2N3O3/c1-29-9-3-8-26-20(12-4-2-5-13(22)10-12)17-18(24-25-19(17)21(26)28)15-11-14(23)6-7-16(15)27/h2,4-7,10-11,20,27H,3,8-9H2,1H3,(H,24,25). The van der Waals surface area contributed by atoms with Crippen molar-refractivity contribution in [3.05, 3.63) is 69.3 Å². The summed E-state index contributed by atoms with van der Waals surface area (Å²) in [5.74, 6) is -0.111. The van der Waals surface area contributed by atoms with E-state index in [2.05, 4.69) is 10.2 Å². The summed E-state index contributed by atoms with van der Waals surface area (Å²) in [4.78, 5) is 14.9. The van der Waals surface area contributed by atoms with Crippen LogP contribution in [0.15, 0.2) is 42.5 Å². The molecule has 1 aliphatic rings. The molecule has 1 aromatic heterocycles. The molecule has 0 fully saturated rings. The Bertz CT molecular complexity index is 1070. The summed E-state index contributed by atoms with van der Waals surface area (Å²) >= 11 is 12.4. The topological polar surface area (TPSA) is 78.5 Å². The number of H-pyrrole nitrogens is 1. The van der Waals surface area contributed by atoms with Gasteiger partial charge in [0.05, 0.1) is 6.04 Å². The van der Waals surface area contributed by atoms with Gasteiger partial charge in [-0.3, -0.25) is 9.89 Å². The van der Waals surface area contributed by atoms with E-state index in [0.717, 1.165) is 5.56 Å². The first-order chi connectivity index (χ1) is 14.0. The van der Waals surface area contributed by atoms with Gasteiger partial charge in [0.25, 0.3) is 5.91 Å². The molecule has 2 N–H and O–H groups in total. The lowest BCUT2D eigenvalue weighted by molar-refractivity contribution is 0.0723. The van der Waals surface area contributed by atoms with E-state index in [1.54, 1.807) is 30.2 Å². The van der Waals surface area contributed by atoms with Crippen molar-refractivity contribution in [2.75, 3.05) is 20.3 Å². The number of halogens is 2. The molecular weight excluding hydrogens is 413 g/mol. The largest absolute Gasteiger partial charge is 0.507 e. The quantitative estimate of drug-likeness (QED) is 0.555. The highest BCUT2D eigenvalue weighted by Crippen LogP contribution is 2.45. The number of phenolic OH excluding ortho intramolecular Hbond substituents is 1. The fraction of sp³-hybridized carbons (Fsp3) is 0.238. The van der Waals surface area contributed by atoms with Crippen molar-refractivity contribution < 1.29 is 14.6 Å². The number of fused-ring (bicyclic) bond motifs is 1. The lowest BCUT2D eigenvalue weighted by Gasteiger charge is -2.26. The summed E-state index contributed by atoms with van der Waals surface area (Å²) in [5, 5.41) is 18.6. The molecule has 29 heavy (non-hydrogen) atoms. The van der Waals surface area contributed by atoms with Crippen molar-refractivity contribution in [2.45, 2.75) is 12.5 Å². The normalized spacial score (nSPS) is 15.8. The Morgan fingerprint density at radius 1 is 1.21 bits per heavy atom. The van der Waals surface area contributed by atoms with Gasteiger partial charge in [-0.25, -0.2) is 0 Å². The van der Waals surface area contributed by atoms with E-state index in [9.17, 15) is 9.90 Å². The molecule has 0 saturated carbocycles. The van der Waals surface area contributed by atoms with E-state index in [0.29, 0.717) is 52.1 Å². The number of hydrogen-bond donors (Lipinski definition) is 2. The average Bonchev–Trinajstić information content (AvgIpc) is 3.23. The second kappa shape index (κ2) is 8.06. The van der Waals surface area contributed by atoms with Crippen molar-refractivity contribution in [3.63, 3.8) is 0 Å². The molecule has 0 aliphatic carbocycles. The smallest absolute Gasteiger partial charge is 0.273 e. The monoisotopic (exact) mass is 431 g/mol. The fourth-order valence-electron chi connectivity index (χ4n) is 3.73. The number of carbonyl (C=O) groups is 1. The molecule has 8 heteroatoms. The van der Waals surface area contributed by atoms with Gasteiger partial charge < -0.3 is 14.7 Å². The van der Waals surface area contributed by atoms with Crippen LogP contribution >= 0.6 is 23.2 Å². The van der Waals surface area contributed by atoms with Crippen LogP contribution in [0, 0.1) is 0 Å². The van der Waals surface area contributed by atoms with Crippen LogP contribution < -0.4 is 0 Å². The molecular formula is C21H19Cl2N3O3. The van der Waals surface area contributed by atoms with Crippen molar-refractivity contribution in [1.82, 2.24) is 15.1 Å². The minimum Gasteiger partial charge on any atom is -0.507 e. The summed E-state index contributed by atoms with van der Waals surface area (Å²) < 4.78 is 5.15. The van der Waals surface area contributed by atoms with Crippen LogP contribution in [0.4, 0.5) is 0 Å². The van der Waals surface area contributed by atoms with Crippen molar-refractivity contribution in [3.8, 4) is 17.0 Å². The molecule has 0 bridgehead atoms. The summed E-state index contributed by atoms with van der Waals surface area (Å²) in [6.07, 6.45) is 0.689. The van der Waals surface area contributed by atoms with Gasteiger partial charge in [-0.05, 0) is 42.3 Å². The van der Waals surface area contributed by atoms with Crippen LogP contribution in [0.5, 0.6) is 5.75 Å². The maximum Gasteiger partial charge on any atom is 0.273 e. The van der Waals surface area contributed by atoms with E-state index >= 15 is 0 Å². The third kappa shape index (κ3) is 3.59. The highest BCUT2D eigenvalue weighted by molar-refractivity contribution is 6.31. The fourth-order valence-corrected chi connectivity index (χ4v) is 4.10. The number of aromatic amines is 1. The number of phenols is 1. The Morgan fingerprint density at radius 2 is 2.00 bits per heavy atom. The molecule has 2 aromatic carbocycles. The Balaban J connectivity index is 1.86. The molecule has 150 valence electrons. The van der Waals surface area contributed by atoms with Crippen LogP contribution in [0.3, 0.4) is 0 Å². The van der Waals surface area contributed by atoms with Gasteiger partial charge in [-0.2, -0.15) is 5.10 Å². The molecule has 1 atom stereocenters. The number of methoxy groups -OCH3 is 1. The maximum absolute atomic E-state index is 13.1. The maximum atomic E-state index is 13.1. The molecule has 0 radical (unpaired) electrons. The van der Waals surface area contributed by atoms with E-state index in [1.807, 2.05) is 18.2 Å². The van der Waals surface area contributed by atoms with Crippen LogP contribution in [-0.2, 0) is 4.74 Å². The zero-order valence-electron chi connectivity index (χ0n) is 15.7. The van der Waals surface area contributed by atoms with E-state index < -0.39 is 0 Å². The first kappa shape index (κ1) is 19.8. The molecule has 4 rings (SSSR count). The molecule has 2 heterocycles. The van der Waals surface area contributed by atoms with Gasteiger partial charge in [0, 0.05) is 41.4 Å². The van der Waals surface area contributed by atoms with Gasteiger partial charge in [-0.15, -0.1) is 0 Å². The van der Waals surface area contributed by atoms with Crippen molar-refractivity contribution in [1.29, 1.82) is 0 Å². The molecule has 3 aromatic rings. The van der Waals surface area contributed by atoms with Crippen LogP contribution in [-0.4, -0.2) is 46.4 Å². The second-order valence-corrected chi connectivity index (χ2v) is 7.70. The van der Waals surface area contributed by atoms with Gasteiger partial charge >= 0.3 is 0 Å². The minimum absolute atomic E-state index is 0.0406. The molecule has 0 saturated heterocycles. The van der Waals surface area contributed by atoms with E-state index in [1.165, 1.54) is 6.07 Å². The van der Waals surface area contributed by atoms with Crippen LogP contribution in [0.1, 0.15) is 34.1 Å². The molecule has 6 nitrogen and oxygen atoms in total. The molecule has 0 spiro atoms. The SMILES string of the molecule is COCCCN1C(=O)c2[nH]nc(-c3cc(Cl)ccc3O)c2C1c1cccc(Cl)c1. The van der Waals surface area contributed by atoms with Crippen LogP contribution in [0.2, 0.25) is 10.0 Å². The van der Waals surface area contributed by atoms with Crippen molar-refractivity contribution in [2.24, 2.45) is 0 Å². The summed E-state index contributed by atoms with van der Waals surface area (Å²) in [5.41, 5.74) is 2.93. The molecule has 1 aliphatic heterocycles. The van der Waals surface area contributed by atoms with Crippen molar-refractivity contribution >= 4 is 29.1 Å². The highest BCUT2D eigenvalue weighted by atomic mass is 35.5. The number of nitrogens with zero attached hydrogens (tertiary/aromatic N) is 2. The number of amides is 1. The Morgan fingerprint density at radius 3 is 2.76 bits per heavy atom. The predicted octanol–water partition coefficient (Wildman–Crippen LogP) is 4.67. The number of ether oxygens (including phenoxy) is 1. The van der Waals surface area contributed by atoms with E-state index in [4.69, 9.17) is 27.9 Å². The predicted molar refractivity (Wildman–Crippen MR) is 112 cm³/mol.